The summed E-state index contributed by atoms with van der Waals surface area (Å²) in [6.45, 7) is 4.24. The molecule has 10 nitrogen and oxygen atoms in total. The maximum atomic E-state index is 13.9. The first kappa shape index (κ1) is 27.0. The Bertz CT molecular complexity index is 1290. The van der Waals surface area contributed by atoms with Crippen LogP contribution in [0.3, 0.4) is 0 Å². The van der Waals surface area contributed by atoms with Crippen molar-refractivity contribution in [1.29, 1.82) is 0 Å². The highest BCUT2D eigenvalue weighted by molar-refractivity contribution is 6.02. The molecule has 39 heavy (non-hydrogen) atoms. The molecular formula is C29H38N4O6. The Kier molecular flexibility index (Phi) is 7.07. The number of ether oxygens (including phenoxy) is 1. The van der Waals surface area contributed by atoms with Gasteiger partial charge in [-0.05, 0) is 69.6 Å². The standard InChI is InChI=1S/C29H38N4O6/c1-28(2)14-17(24(34)32-28)12-21(27(37)38)31-25(35)22-15-29(10-5-4-6-11-29)16-33(22)26(36)20-13-18-19(30-20)8-7-9-23(18)39-3/h7-9,13,17,21-22,30H,4-6,10-12,14-16H2,1-3H3,(H,31,35)(H,32,34)(H,37,38)/t17-,21+,22+/m1/s1. The molecule has 10 heteroatoms. The summed E-state index contributed by atoms with van der Waals surface area (Å²) in [4.78, 5) is 56.9. The predicted octanol–water partition coefficient (Wildman–Crippen LogP) is 3.22. The van der Waals surface area contributed by atoms with E-state index in [0.717, 1.165) is 43.0 Å². The minimum absolute atomic E-state index is 0.00393. The average Bonchev–Trinajstić information content (AvgIpc) is 3.56. The zero-order valence-corrected chi connectivity index (χ0v) is 22.8. The number of rotatable bonds is 7. The molecule has 0 unspecified atom stereocenters. The number of carboxylic acid groups (broad SMARTS) is 1. The molecule has 2 aromatic rings. The van der Waals surface area contributed by atoms with E-state index in [2.05, 4.69) is 15.6 Å². The highest BCUT2D eigenvalue weighted by Crippen LogP contribution is 2.47. The van der Waals surface area contributed by atoms with Crippen LogP contribution in [-0.4, -0.2) is 70.0 Å². The number of fused-ring (bicyclic) bond motifs is 1. The number of aliphatic carboxylic acids is 1. The molecule has 3 heterocycles. The highest BCUT2D eigenvalue weighted by atomic mass is 16.5. The number of carboxylic acids is 1. The molecule has 1 saturated carbocycles. The molecule has 1 aliphatic carbocycles. The second-order valence-electron chi connectivity index (χ2n) is 12.2. The largest absolute Gasteiger partial charge is 0.496 e. The molecule has 2 aliphatic heterocycles. The van der Waals surface area contributed by atoms with E-state index in [1.54, 1.807) is 18.1 Å². The van der Waals surface area contributed by atoms with Gasteiger partial charge in [0, 0.05) is 28.9 Å². The van der Waals surface area contributed by atoms with Crippen LogP contribution in [0.25, 0.3) is 10.9 Å². The molecule has 2 saturated heterocycles. The summed E-state index contributed by atoms with van der Waals surface area (Å²) >= 11 is 0. The maximum Gasteiger partial charge on any atom is 0.326 e. The van der Waals surface area contributed by atoms with Crippen LogP contribution in [0.4, 0.5) is 0 Å². The van der Waals surface area contributed by atoms with E-state index in [1.165, 1.54) is 0 Å². The van der Waals surface area contributed by atoms with Crippen LogP contribution < -0.4 is 15.4 Å². The number of aromatic amines is 1. The summed E-state index contributed by atoms with van der Waals surface area (Å²) in [5.41, 5.74) is 0.543. The molecule has 3 atom stereocenters. The average molecular weight is 539 g/mol. The number of aromatic nitrogens is 1. The van der Waals surface area contributed by atoms with Gasteiger partial charge in [-0.3, -0.25) is 14.4 Å². The van der Waals surface area contributed by atoms with Crippen molar-refractivity contribution >= 4 is 34.6 Å². The van der Waals surface area contributed by atoms with Gasteiger partial charge in [-0.1, -0.05) is 25.3 Å². The number of hydrogen-bond acceptors (Lipinski definition) is 5. The molecule has 1 spiro atoms. The van der Waals surface area contributed by atoms with Gasteiger partial charge < -0.3 is 30.4 Å². The maximum absolute atomic E-state index is 13.9. The number of nitrogens with zero attached hydrogens (tertiary/aromatic N) is 1. The minimum Gasteiger partial charge on any atom is -0.496 e. The van der Waals surface area contributed by atoms with Crippen molar-refractivity contribution in [3.05, 3.63) is 30.0 Å². The van der Waals surface area contributed by atoms with Crippen LogP contribution in [0, 0.1) is 11.3 Å². The van der Waals surface area contributed by atoms with Crippen molar-refractivity contribution in [1.82, 2.24) is 20.5 Å². The number of carbonyl (C=O) groups excluding carboxylic acids is 3. The number of carbonyl (C=O) groups is 4. The summed E-state index contributed by atoms with van der Waals surface area (Å²) in [5, 5.41) is 16.3. The van der Waals surface area contributed by atoms with Gasteiger partial charge in [-0.25, -0.2) is 4.79 Å². The summed E-state index contributed by atoms with van der Waals surface area (Å²) in [5.74, 6) is -2.02. The SMILES string of the molecule is COc1cccc2[nH]c(C(=O)N3CC4(CCCCC4)C[C@H]3C(=O)N[C@@H](C[C@@H]3CC(C)(C)NC3=O)C(=O)O)cc12. The molecule has 0 radical (unpaired) electrons. The third kappa shape index (κ3) is 5.33. The van der Waals surface area contributed by atoms with Crippen LogP contribution in [0.15, 0.2) is 24.3 Å². The Morgan fingerprint density at radius 3 is 2.56 bits per heavy atom. The van der Waals surface area contributed by atoms with Crippen molar-refractivity contribution in [2.45, 2.75) is 82.8 Å². The van der Waals surface area contributed by atoms with Crippen LogP contribution in [0.2, 0.25) is 0 Å². The quantitative estimate of drug-likeness (QED) is 0.427. The lowest BCUT2D eigenvalue weighted by Crippen LogP contribution is -2.51. The first-order valence-corrected chi connectivity index (χ1v) is 13.8. The third-order valence-corrected chi connectivity index (χ3v) is 8.78. The van der Waals surface area contributed by atoms with E-state index in [-0.39, 0.29) is 23.7 Å². The Hall–Kier alpha value is -3.56. The molecule has 1 aromatic carbocycles. The zero-order chi connectivity index (χ0) is 27.9. The van der Waals surface area contributed by atoms with Crippen molar-refractivity contribution in [2.24, 2.45) is 11.3 Å². The number of H-pyrrole nitrogens is 1. The fourth-order valence-corrected chi connectivity index (χ4v) is 6.90. The Morgan fingerprint density at radius 1 is 1.18 bits per heavy atom. The fraction of sp³-hybridized carbons (Fsp3) is 0.586. The summed E-state index contributed by atoms with van der Waals surface area (Å²) in [6.07, 6.45) is 6.08. The monoisotopic (exact) mass is 538 g/mol. The Labute approximate surface area is 227 Å². The molecule has 3 aliphatic rings. The summed E-state index contributed by atoms with van der Waals surface area (Å²) in [7, 11) is 1.58. The van der Waals surface area contributed by atoms with Gasteiger partial charge in [0.1, 0.15) is 23.5 Å². The first-order chi connectivity index (χ1) is 18.5. The second kappa shape index (κ2) is 10.2. The lowest BCUT2D eigenvalue weighted by atomic mass is 9.72. The van der Waals surface area contributed by atoms with Gasteiger partial charge in [0.05, 0.1) is 7.11 Å². The van der Waals surface area contributed by atoms with Crippen molar-refractivity contribution in [2.75, 3.05) is 13.7 Å². The first-order valence-electron chi connectivity index (χ1n) is 13.8. The topological polar surface area (TPSA) is 141 Å². The van der Waals surface area contributed by atoms with E-state index in [9.17, 15) is 24.3 Å². The van der Waals surface area contributed by atoms with Crippen molar-refractivity contribution in [3.8, 4) is 5.75 Å². The number of likely N-dealkylation sites (tertiary alicyclic amines) is 1. The summed E-state index contributed by atoms with van der Waals surface area (Å²) in [6, 6.07) is 5.26. The van der Waals surface area contributed by atoms with Crippen LogP contribution >= 0.6 is 0 Å². The van der Waals surface area contributed by atoms with Gasteiger partial charge >= 0.3 is 5.97 Å². The predicted molar refractivity (Wildman–Crippen MR) is 144 cm³/mol. The molecule has 5 rings (SSSR count). The molecule has 210 valence electrons. The normalized spacial score (nSPS) is 24.5. The highest BCUT2D eigenvalue weighted by Gasteiger charge is 2.50. The number of nitrogens with one attached hydrogen (secondary N) is 3. The van der Waals surface area contributed by atoms with E-state index in [0.29, 0.717) is 30.8 Å². The lowest BCUT2D eigenvalue weighted by molar-refractivity contribution is -0.143. The van der Waals surface area contributed by atoms with Crippen molar-refractivity contribution in [3.63, 3.8) is 0 Å². The number of amides is 3. The van der Waals surface area contributed by atoms with Gasteiger partial charge in [0.15, 0.2) is 0 Å². The Morgan fingerprint density at radius 2 is 1.92 bits per heavy atom. The third-order valence-electron chi connectivity index (χ3n) is 8.78. The zero-order valence-electron chi connectivity index (χ0n) is 22.8. The van der Waals surface area contributed by atoms with Gasteiger partial charge in [0.2, 0.25) is 11.8 Å². The van der Waals surface area contributed by atoms with E-state index >= 15 is 0 Å². The lowest BCUT2D eigenvalue weighted by Gasteiger charge is -2.32. The van der Waals surface area contributed by atoms with E-state index in [4.69, 9.17) is 4.74 Å². The molecule has 4 N–H and O–H groups in total. The van der Waals surface area contributed by atoms with E-state index in [1.807, 2.05) is 32.0 Å². The number of methoxy groups -OCH3 is 1. The van der Waals surface area contributed by atoms with Gasteiger partial charge in [0.25, 0.3) is 5.91 Å². The summed E-state index contributed by atoms with van der Waals surface area (Å²) < 4.78 is 5.44. The molecule has 0 bridgehead atoms. The molecule has 3 fully saturated rings. The molecule has 1 aromatic heterocycles. The number of benzene rings is 1. The van der Waals surface area contributed by atoms with Crippen molar-refractivity contribution < 1.29 is 29.0 Å². The Balaban J connectivity index is 1.39. The molecule has 3 amide bonds. The van der Waals surface area contributed by atoms with Gasteiger partial charge in [-0.2, -0.15) is 0 Å². The van der Waals surface area contributed by atoms with Crippen LogP contribution in [0.1, 0.15) is 75.7 Å². The fourth-order valence-electron chi connectivity index (χ4n) is 6.90. The number of hydrogen-bond donors (Lipinski definition) is 4. The smallest absolute Gasteiger partial charge is 0.326 e. The molecular weight excluding hydrogens is 500 g/mol. The minimum atomic E-state index is -1.22. The van der Waals surface area contributed by atoms with Crippen LogP contribution in [0.5, 0.6) is 5.75 Å². The van der Waals surface area contributed by atoms with Crippen LogP contribution in [-0.2, 0) is 14.4 Å². The van der Waals surface area contributed by atoms with E-state index < -0.39 is 35.4 Å². The second-order valence-corrected chi connectivity index (χ2v) is 12.2. The van der Waals surface area contributed by atoms with Gasteiger partial charge in [-0.15, -0.1) is 0 Å².